The van der Waals surface area contributed by atoms with E-state index in [1.807, 2.05) is 12.3 Å². The maximum absolute atomic E-state index is 10.1. The fourth-order valence-electron chi connectivity index (χ4n) is 2.62. The smallest absolute Gasteiger partial charge is 0.0571 e. The summed E-state index contributed by atoms with van der Waals surface area (Å²) in [5, 5.41) is 10.1. The summed E-state index contributed by atoms with van der Waals surface area (Å²) >= 11 is 0. The van der Waals surface area contributed by atoms with Gasteiger partial charge in [0, 0.05) is 12.4 Å². The molecule has 0 spiro atoms. The Hall–Kier alpha value is -0.890. The van der Waals surface area contributed by atoms with E-state index in [1.54, 1.807) is 6.20 Å². The van der Waals surface area contributed by atoms with Crippen LogP contribution >= 0.6 is 0 Å². The van der Waals surface area contributed by atoms with Crippen molar-refractivity contribution in [2.24, 2.45) is 5.92 Å². The van der Waals surface area contributed by atoms with Gasteiger partial charge in [0.2, 0.25) is 0 Å². The van der Waals surface area contributed by atoms with Gasteiger partial charge in [-0.1, -0.05) is 25.3 Å². The lowest BCUT2D eigenvalue weighted by Gasteiger charge is -2.26. The van der Waals surface area contributed by atoms with Crippen LogP contribution in [-0.2, 0) is 6.42 Å². The van der Waals surface area contributed by atoms with Gasteiger partial charge in [0.05, 0.1) is 6.10 Å². The van der Waals surface area contributed by atoms with E-state index >= 15 is 0 Å². The van der Waals surface area contributed by atoms with Crippen LogP contribution in [-0.4, -0.2) is 16.2 Å². The molecule has 1 aromatic heterocycles. The van der Waals surface area contributed by atoms with Gasteiger partial charge in [-0.3, -0.25) is 4.98 Å². The van der Waals surface area contributed by atoms with E-state index in [0.29, 0.717) is 5.92 Å². The number of aliphatic hydroxyl groups excluding tert-OH is 1. The Labute approximate surface area is 97.7 Å². The van der Waals surface area contributed by atoms with E-state index in [2.05, 4.69) is 11.1 Å². The zero-order chi connectivity index (χ0) is 11.2. The second kappa shape index (κ2) is 6.00. The predicted octanol–water partition coefficient (Wildman–Crippen LogP) is 2.96. The molecule has 2 nitrogen and oxygen atoms in total. The van der Waals surface area contributed by atoms with E-state index in [4.69, 9.17) is 0 Å². The van der Waals surface area contributed by atoms with Gasteiger partial charge < -0.3 is 5.11 Å². The number of aromatic nitrogens is 1. The highest BCUT2D eigenvalue weighted by molar-refractivity contribution is 5.08. The van der Waals surface area contributed by atoms with Gasteiger partial charge in [-0.2, -0.15) is 0 Å². The summed E-state index contributed by atoms with van der Waals surface area (Å²) in [7, 11) is 0. The molecule has 1 saturated carbocycles. The third kappa shape index (κ3) is 3.31. The fraction of sp³-hybridized carbons (Fsp3) is 0.643. The van der Waals surface area contributed by atoms with Crippen LogP contribution in [0.4, 0.5) is 0 Å². The summed E-state index contributed by atoms with van der Waals surface area (Å²) in [5.74, 6) is 0.547. The van der Waals surface area contributed by atoms with Crippen molar-refractivity contribution in [3.63, 3.8) is 0 Å². The van der Waals surface area contributed by atoms with E-state index in [1.165, 1.54) is 37.7 Å². The lowest BCUT2D eigenvalue weighted by molar-refractivity contribution is 0.0775. The minimum Gasteiger partial charge on any atom is -0.393 e. The lowest BCUT2D eigenvalue weighted by Crippen LogP contribution is -2.23. The maximum atomic E-state index is 10.1. The Bertz CT molecular complexity index is 293. The van der Waals surface area contributed by atoms with Crippen molar-refractivity contribution < 1.29 is 5.11 Å². The van der Waals surface area contributed by atoms with Crippen LogP contribution in [0.2, 0.25) is 0 Å². The topological polar surface area (TPSA) is 33.1 Å². The van der Waals surface area contributed by atoms with Gasteiger partial charge in [0.15, 0.2) is 0 Å². The molecule has 88 valence electrons. The summed E-state index contributed by atoms with van der Waals surface area (Å²) in [6.45, 7) is 0. The molecule has 16 heavy (non-hydrogen) atoms. The highest BCUT2D eigenvalue weighted by Crippen LogP contribution is 2.28. The summed E-state index contributed by atoms with van der Waals surface area (Å²) in [6, 6.07) is 4.04. The first-order valence-electron chi connectivity index (χ1n) is 6.43. The average molecular weight is 219 g/mol. The summed E-state index contributed by atoms with van der Waals surface area (Å²) < 4.78 is 0. The molecule has 1 unspecified atom stereocenters. The highest BCUT2D eigenvalue weighted by atomic mass is 16.3. The van der Waals surface area contributed by atoms with Crippen molar-refractivity contribution in [1.82, 2.24) is 4.98 Å². The second-order valence-corrected chi connectivity index (χ2v) is 4.87. The van der Waals surface area contributed by atoms with Gasteiger partial charge in [-0.05, 0) is 43.2 Å². The molecule has 1 aliphatic rings. The van der Waals surface area contributed by atoms with E-state index in [0.717, 1.165) is 12.8 Å². The highest BCUT2D eigenvalue weighted by Gasteiger charge is 2.21. The Morgan fingerprint density at radius 1 is 1.31 bits per heavy atom. The van der Waals surface area contributed by atoms with Crippen LogP contribution in [0.15, 0.2) is 24.5 Å². The number of nitrogens with zero attached hydrogens (tertiary/aromatic N) is 1. The average Bonchev–Trinajstić information content (AvgIpc) is 2.38. The van der Waals surface area contributed by atoms with Crippen LogP contribution in [0.25, 0.3) is 0 Å². The van der Waals surface area contributed by atoms with Gasteiger partial charge in [0.25, 0.3) is 0 Å². The summed E-state index contributed by atoms with van der Waals surface area (Å²) in [5.41, 5.74) is 1.23. The molecule has 0 bridgehead atoms. The number of hydrogen-bond donors (Lipinski definition) is 1. The third-order valence-electron chi connectivity index (χ3n) is 3.65. The number of aryl methyl sites for hydroxylation is 1. The second-order valence-electron chi connectivity index (χ2n) is 4.87. The Morgan fingerprint density at radius 2 is 2.12 bits per heavy atom. The largest absolute Gasteiger partial charge is 0.393 e. The van der Waals surface area contributed by atoms with Gasteiger partial charge in [-0.25, -0.2) is 0 Å². The van der Waals surface area contributed by atoms with Gasteiger partial charge in [0.1, 0.15) is 0 Å². The fourth-order valence-corrected chi connectivity index (χ4v) is 2.62. The zero-order valence-electron chi connectivity index (χ0n) is 9.81. The normalized spacial score (nSPS) is 19.6. The SMILES string of the molecule is OC(CCc1cccnc1)C1CCCCC1. The van der Waals surface area contributed by atoms with Crippen molar-refractivity contribution in [1.29, 1.82) is 0 Å². The van der Waals surface area contributed by atoms with Crippen LogP contribution in [0.1, 0.15) is 44.1 Å². The van der Waals surface area contributed by atoms with Crippen molar-refractivity contribution in [2.75, 3.05) is 0 Å². The lowest BCUT2D eigenvalue weighted by atomic mass is 9.83. The van der Waals surface area contributed by atoms with Gasteiger partial charge >= 0.3 is 0 Å². The molecule has 1 N–H and O–H groups in total. The minimum absolute atomic E-state index is 0.111. The molecule has 0 aliphatic heterocycles. The Balaban J connectivity index is 1.76. The van der Waals surface area contributed by atoms with E-state index in [9.17, 15) is 5.11 Å². The van der Waals surface area contributed by atoms with Crippen molar-refractivity contribution in [3.05, 3.63) is 30.1 Å². The molecule has 0 amide bonds. The zero-order valence-corrected chi connectivity index (χ0v) is 9.81. The first kappa shape index (κ1) is 11.6. The van der Waals surface area contributed by atoms with E-state index in [-0.39, 0.29) is 6.10 Å². The van der Waals surface area contributed by atoms with Crippen molar-refractivity contribution in [3.8, 4) is 0 Å². The molecule has 2 heteroatoms. The van der Waals surface area contributed by atoms with Crippen LogP contribution in [0.3, 0.4) is 0 Å². The molecule has 2 rings (SSSR count). The molecule has 1 fully saturated rings. The predicted molar refractivity (Wildman–Crippen MR) is 65.1 cm³/mol. The van der Waals surface area contributed by atoms with Crippen LogP contribution in [0.5, 0.6) is 0 Å². The number of hydrogen-bond acceptors (Lipinski definition) is 2. The molecule has 1 aromatic rings. The first-order valence-corrected chi connectivity index (χ1v) is 6.43. The molecule has 1 atom stereocenters. The van der Waals surface area contributed by atoms with E-state index < -0.39 is 0 Å². The Morgan fingerprint density at radius 3 is 2.81 bits per heavy atom. The maximum Gasteiger partial charge on any atom is 0.0571 e. The van der Waals surface area contributed by atoms with Crippen molar-refractivity contribution >= 4 is 0 Å². The standard InChI is InChI=1S/C14H21NO/c16-14(13-6-2-1-3-7-13)9-8-12-5-4-10-15-11-12/h4-5,10-11,13-14,16H,1-3,6-9H2. The third-order valence-corrected chi connectivity index (χ3v) is 3.65. The molecule has 1 heterocycles. The molecule has 1 aliphatic carbocycles. The first-order chi connectivity index (χ1) is 7.86. The molecule has 0 aromatic carbocycles. The number of aliphatic hydroxyl groups is 1. The number of pyridine rings is 1. The molecular formula is C14H21NO. The minimum atomic E-state index is -0.111. The molecule has 0 saturated heterocycles. The molecule has 0 radical (unpaired) electrons. The Kier molecular flexibility index (Phi) is 4.34. The number of rotatable bonds is 4. The quantitative estimate of drug-likeness (QED) is 0.844. The van der Waals surface area contributed by atoms with Crippen LogP contribution in [0, 0.1) is 5.92 Å². The summed E-state index contributed by atoms with van der Waals surface area (Å²) in [6.07, 6.45) is 11.8. The molecular weight excluding hydrogens is 198 g/mol. The van der Waals surface area contributed by atoms with Crippen LogP contribution < -0.4 is 0 Å². The monoisotopic (exact) mass is 219 g/mol. The summed E-state index contributed by atoms with van der Waals surface area (Å²) in [4.78, 5) is 4.09. The van der Waals surface area contributed by atoms with Crippen molar-refractivity contribution in [2.45, 2.75) is 51.0 Å². The van der Waals surface area contributed by atoms with Gasteiger partial charge in [-0.15, -0.1) is 0 Å².